The van der Waals surface area contributed by atoms with Gasteiger partial charge in [0.1, 0.15) is 5.82 Å². The number of amides is 3. The van der Waals surface area contributed by atoms with Crippen LogP contribution >= 0.6 is 0 Å². The Bertz CT molecular complexity index is 811. The van der Waals surface area contributed by atoms with E-state index in [9.17, 15) is 14.0 Å². The molecule has 0 unspecified atom stereocenters. The number of likely N-dealkylation sites (N-methyl/N-ethyl adjacent to an activating group) is 2. The lowest BCUT2D eigenvalue weighted by Gasteiger charge is -2.31. The summed E-state index contributed by atoms with van der Waals surface area (Å²) in [7, 11) is 5.54. The summed E-state index contributed by atoms with van der Waals surface area (Å²) < 4.78 is 14.2. The summed E-state index contributed by atoms with van der Waals surface area (Å²) >= 11 is 0. The SMILES string of the molecule is CCC(=O)Nc1ccc(F)c(NC(=O)N(C)[C@H](CN(C)C)c2ccccc2)c1. The number of benzene rings is 2. The van der Waals surface area contributed by atoms with Gasteiger partial charge < -0.3 is 20.4 Å². The van der Waals surface area contributed by atoms with E-state index >= 15 is 0 Å². The van der Waals surface area contributed by atoms with Crippen molar-refractivity contribution in [3.8, 4) is 0 Å². The topological polar surface area (TPSA) is 64.7 Å². The normalized spacial score (nSPS) is 11.8. The molecule has 1 atom stereocenters. The highest BCUT2D eigenvalue weighted by Crippen LogP contribution is 2.24. The summed E-state index contributed by atoms with van der Waals surface area (Å²) in [5.41, 5.74) is 1.43. The highest BCUT2D eigenvalue weighted by atomic mass is 19.1. The number of carbonyl (C=O) groups excluding carboxylic acids is 2. The predicted molar refractivity (Wildman–Crippen MR) is 110 cm³/mol. The van der Waals surface area contributed by atoms with Crippen LogP contribution in [0.3, 0.4) is 0 Å². The van der Waals surface area contributed by atoms with Crippen LogP contribution < -0.4 is 10.6 Å². The average Bonchev–Trinajstić information content (AvgIpc) is 2.68. The van der Waals surface area contributed by atoms with Crippen LogP contribution in [0.1, 0.15) is 24.9 Å². The fourth-order valence-electron chi connectivity index (χ4n) is 2.77. The second-order valence-corrected chi connectivity index (χ2v) is 6.83. The molecule has 0 heterocycles. The van der Waals surface area contributed by atoms with E-state index in [4.69, 9.17) is 0 Å². The molecule has 0 saturated heterocycles. The molecule has 2 rings (SSSR count). The molecular weight excluding hydrogens is 359 g/mol. The van der Waals surface area contributed by atoms with E-state index in [0.717, 1.165) is 5.56 Å². The first kappa shape index (κ1) is 21.4. The summed E-state index contributed by atoms with van der Waals surface area (Å²) in [5.74, 6) is -0.753. The molecule has 0 bridgehead atoms. The molecule has 2 N–H and O–H groups in total. The molecule has 0 aliphatic heterocycles. The Balaban J connectivity index is 2.19. The minimum atomic E-state index is -0.569. The molecule has 0 aliphatic carbocycles. The fourth-order valence-corrected chi connectivity index (χ4v) is 2.77. The molecule has 7 heteroatoms. The van der Waals surface area contributed by atoms with Crippen LogP contribution in [0.2, 0.25) is 0 Å². The Hall–Kier alpha value is -2.93. The second-order valence-electron chi connectivity index (χ2n) is 6.83. The third-order valence-electron chi connectivity index (χ3n) is 4.32. The number of nitrogens with one attached hydrogen (secondary N) is 2. The van der Waals surface area contributed by atoms with E-state index < -0.39 is 11.8 Å². The van der Waals surface area contributed by atoms with Crippen LogP contribution in [0.5, 0.6) is 0 Å². The maximum Gasteiger partial charge on any atom is 0.322 e. The predicted octanol–water partition coefficient (Wildman–Crippen LogP) is 3.94. The molecule has 0 aromatic heterocycles. The van der Waals surface area contributed by atoms with E-state index in [-0.39, 0.29) is 17.6 Å². The molecule has 2 aromatic carbocycles. The van der Waals surface area contributed by atoms with Gasteiger partial charge in [0, 0.05) is 25.7 Å². The van der Waals surface area contributed by atoms with Gasteiger partial charge in [-0.2, -0.15) is 0 Å². The number of carbonyl (C=O) groups is 2. The molecule has 28 heavy (non-hydrogen) atoms. The van der Waals surface area contributed by atoms with Crippen LogP contribution in [0, 0.1) is 5.82 Å². The number of urea groups is 1. The van der Waals surface area contributed by atoms with Crippen molar-refractivity contribution in [2.24, 2.45) is 0 Å². The molecule has 0 radical (unpaired) electrons. The third-order valence-corrected chi connectivity index (χ3v) is 4.32. The van der Waals surface area contributed by atoms with Gasteiger partial charge in [0.2, 0.25) is 5.91 Å². The highest BCUT2D eigenvalue weighted by Gasteiger charge is 2.23. The molecular formula is C21H27FN4O2. The minimum absolute atomic E-state index is 0.0161. The van der Waals surface area contributed by atoms with Gasteiger partial charge in [-0.15, -0.1) is 0 Å². The standard InChI is InChI=1S/C21H27FN4O2/c1-5-20(27)23-16-11-12-17(22)18(13-16)24-21(28)26(4)19(14-25(2)3)15-9-7-6-8-10-15/h6-13,19H,5,14H2,1-4H3,(H,23,27)(H,24,28)/t19-/m1/s1. The number of hydrogen-bond donors (Lipinski definition) is 2. The lowest BCUT2D eigenvalue weighted by atomic mass is 10.1. The zero-order valence-corrected chi connectivity index (χ0v) is 16.7. The second kappa shape index (κ2) is 9.85. The van der Waals surface area contributed by atoms with Crippen LogP contribution in [-0.2, 0) is 4.79 Å². The first-order valence-electron chi connectivity index (χ1n) is 9.14. The van der Waals surface area contributed by atoms with Crippen molar-refractivity contribution in [1.82, 2.24) is 9.80 Å². The third kappa shape index (κ3) is 5.79. The minimum Gasteiger partial charge on any atom is -0.326 e. The number of halogens is 1. The Labute approximate surface area is 165 Å². The van der Waals surface area contributed by atoms with Gasteiger partial charge in [0.15, 0.2) is 0 Å². The Morgan fingerprint density at radius 3 is 2.32 bits per heavy atom. The highest BCUT2D eigenvalue weighted by molar-refractivity contribution is 5.93. The van der Waals surface area contributed by atoms with Crippen LogP contribution in [-0.4, -0.2) is 49.4 Å². The molecule has 0 aliphatic rings. The monoisotopic (exact) mass is 386 g/mol. The first-order valence-corrected chi connectivity index (χ1v) is 9.14. The lowest BCUT2D eigenvalue weighted by Crippen LogP contribution is -2.39. The van der Waals surface area contributed by atoms with Crippen LogP contribution in [0.25, 0.3) is 0 Å². The van der Waals surface area contributed by atoms with Crippen molar-refractivity contribution < 1.29 is 14.0 Å². The van der Waals surface area contributed by atoms with E-state index in [1.807, 2.05) is 49.3 Å². The van der Waals surface area contributed by atoms with Gasteiger partial charge in [-0.3, -0.25) is 4.79 Å². The van der Waals surface area contributed by atoms with Crippen LogP contribution in [0.15, 0.2) is 48.5 Å². The van der Waals surface area contributed by atoms with Gasteiger partial charge in [-0.25, -0.2) is 9.18 Å². The van der Waals surface area contributed by atoms with E-state index in [1.165, 1.54) is 18.2 Å². The zero-order valence-electron chi connectivity index (χ0n) is 16.7. The van der Waals surface area contributed by atoms with Crippen LogP contribution in [0.4, 0.5) is 20.6 Å². The van der Waals surface area contributed by atoms with E-state index in [1.54, 1.807) is 18.9 Å². The van der Waals surface area contributed by atoms with Crippen molar-refractivity contribution in [1.29, 1.82) is 0 Å². The van der Waals surface area contributed by atoms with Gasteiger partial charge in [-0.05, 0) is 37.9 Å². The Morgan fingerprint density at radius 2 is 1.71 bits per heavy atom. The van der Waals surface area contributed by atoms with Gasteiger partial charge in [0.25, 0.3) is 0 Å². The zero-order chi connectivity index (χ0) is 20.7. The summed E-state index contributed by atoms with van der Waals surface area (Å²) in [6.07, 6.45) is 0.311. The average molecular weight is 386 g/mol. The number of nitrogens with zero attached hydrogens (tertiary/aromatic N) is 2. The fraction of sp³-hybridized carbons (Fsp3) is 0.333. The first-order chi connectivity index (χ1) is 13.3. The maximum absolute atomic E-state index is 14.2. The number of rotatable bonds is 7. The van der Waals surface area contributed by atoms with E-state index in [2.05, 4.69) is 10.6 Å². The molecule has 0 spiro atoms. The number of anilines is 2. The molecule has 0 fully saturated rings. The summed E-state index contributed by atoms with van der Waals surface area (Å²) in [6, 6.07) is 13.1. The lowest BCUT2D eigenvalue weighted by molar-refractivity contribution is -0.115. The molecule has 150 valence electrons. The van der Waals surface area contributed by atoms with Gasteiger partial charge in [-0.1, -0.05) is 37.3 Å². The summed E-state index contributed by atoms with van der Waals surface area (Å²) in [4.78, 5) is 27.9. The maximum atomic E-state index is 14.2. The van der Waals surface area contributed by atoms with Crippen molar-refractivity contribution in [3.05, 3.63) is 59.9 Å². The van der Waals surface area contributed by atoms with Crippen molar-refractivity contribution >= 4 is 23.3 Å². The quantitative estimate of drug-likeness (QED) is 0.758. The van der Waals surface area contributed by atoms with Gasteiger partial charge >= 0.3 is 6.03 Å². The molecule has 2 aromatic rings. The molecule has 3 amide bonds. The molecule has 0 saturated carbocycles. The van der Waals surface area contributed by atoms with Gasteiger partial charge in [0.05, 0.1) is 11.7 Å². The smallest absolute Gasteiger partial charge is 0.322 e. The summed E-state index contributed by atoms with van der Waals surface area (Å²) in [5, 5.41) is 5.27. The largest absolute Gasteiger partial charge is 0.326 e. The molecule has 6 nitrogen and oxygen atoms in total. The van der Waals surface area contributed by atoms with Crippen molar-refractivity contribution in [2.45, 2.75) is 19.4 Å². The number of hydrogen-bond acceptors (Lipinski definition) is 3. The Morgan fingerprint density at radius 1 is 1.04 bits per heavy atom. The van der Waals surface area contributed by atoms with Crippen molar-refractivity contribution in [3.63, 3.8) is 0 Å². The summed E-state index contributed by atoms with van der Waals surface area (Å²) in [6.45, 7) is 2.34. The van der Waals surface area contributed by atoms with E-state index in [0.29, 0.717) is 18.7 Å². The van der Waals surface area contributed by atoms with Crippen molar-refractivity contribution in [2.75, 3.05) is 38.3 Å². The Kier molecular flexibility index (Phi) is 7.52.